The molecule has 0 unspecified atom stereocenters. The Labute approximate surface area is 214 Å². The molecule has 0 spiro atoms. The zero-order valence-corrected chi connectivity index (χ0v) is 17.5. The average Bonchev–Trinajstić information content (AvgIpc) is 2.98. The third kappa shape index (κ3) is 5.93. The first kappa shape index (κ1) is 10.9. The number of halogens is 1. The van der Waals surface area contributed by atoms with Gasteiger partial charge in [-0.25, -0.2) is 4.39 Å². The number of anilines is 2. The molecule has 1 heterocycles. The number of fused-ring (bicyclic) bond motifs is 1. The maximum absolute atomic E-state index is 14.4. The Morgan fingerprint density at radius 1 is 1.52 bits per heavy atom. The number of aromatic nitrogens is 1. The molecular weight excluding hydrogens is 419 g/mol. The van der Waals surface area contributed by atoms with E-state index >= 15 is 0 Å². The van der Waals surface area contributed by atoms with Gasteiger partial charge in [-0.1, -0.05) is 6.05 Å². The van der Waals surface area contributed by atoms with Crippen molar-refractivity contribution >= 4 is 28.1 Å². The number of likely N-dealkylation sites (N-methyl/N-ethyl adjacent to an activating group) is 1. The van der Waals surface area contributed by atoms with Crippen molar-refractivity contribution in [1.29, 1.82) is 5.26 Å². The summed E-state index contributed by atoms with van der Waals surface area (Å²) in [6.45, 7) is -11.7. The van der Waals surface area contributed by atoms with Crippen molar-refractivity contribution in [3.05, 3.63) is 71.1 Å². The van der Waals surface area contributed by atoms with Gasteiger partial charge in [-0.15, -0.1) is 0 Å². The van der Waals surface area contributed by atoms with Crippen molar-refractivity contribution in [1.82, 2.24) is 9.88 Å². The van der Waals surface area contributed by atoms with Crippen molar-refractivity contribution in [3.8, 4) is 11.8 Å². The number of nitrogens with zero attached hydrogens (tertiary/aromatic N) is 3. The lowest BCUT2D eigenvalue weighted by atomic mass is 10.0. The minimum atomic E-state index is -3.36. The normalized spacial score (nSPS) is 20.0. The highest BCUT2D eigenvalue weighted by atomic mass is 19.1. The highest BCUT2D eigenvalue weighted by molar-refractivity contribution is 5.98. The number of allylic oxidation sites excluding steroid dienone is 1. The summed E-state index contributed by atoms with van der Waals surface area (Å²) in [6, 6.07) is -0.781. The predicted octanol–water partition coefficient (Wildman–Crippen LogP) is 4.93. The third-order valence-corrected chi connectivity index (χ3v) is 4.30. The van der Waals surface area contributed by atoms with E-state index in [1.165, 1.54) is 6.92 Å². The number of carbonyl (C=O) groups excluding carboxylic acids is 1. The van der Waals surface area contributed by atoms with Crippen LogP contribution >= 0.6 is 0 Å². The second kappa shape index (κ2) is 10.7. The lowest BCUT2D eigenvalue weighted by Crippen LogP contribution is -2.11. The zero-order chi connectivity index (χ0) is 36.9. The molecule has 0 saturated heterocycles. The van der Waals surface area contributed by atoms with Gasteiger partial charge in [-0.05, 0) is 63.6 Å². The number of carbonyl (C=O) groups is 1. The number of hydrogen-bond donors (Lipinski definition) is 1. The smallest absolute Gasteiger partial charge is 0.159 e. The minimum Gasteiger partial charge on any atom is -0.494 e. The third-order valence-electron chi connectivity index (χ3n) is 4.30. The van der Waals surface area contributed by atoms with Crippen LogP contribution in [0.25, 0.3) is 10.9 Å². The van der Waals surface area contributed by atoms with Gasteiger partial charge < -0.3 is 15.0 Å². The molecule has 0 radical (unpaired) electrons. The SMILES string of the molecule is [2H]/C(C(=O)Cc1cc2c(Nc3c([2H])c([2H])c(F)c(C)c3[2H])c(C#N)cnc2cc1OC([2H])([2H])C([2H])([2H])[2H])=C(/[2H])C([2H])([2H])N(C)C([2H])([2H])[2H]. The first-order valence-electron chi connectivity index (χ1n) is 16.8. The first-order valence-corrected chi connectivity index (χ1v) is 9.30. The molecule has 170 valence electrons. The van der Waals surface area contributed by atoms with Crippen LogP contribution < -0.4 is 10.1 Å². The van der Waals surface area contributed by atoms with E-state index in [0.29, 0.717) is 0 Å². The molecule has 1 N–H and O–H groups in total. The molecule has 0 aliphatic carbocycles. The van der Waals surface area contributed by atoms with E-state index in [1.54, 1.807) is 0 Å². The summed E-state index contributed by atoms with van der Waals surface area (Å²) in [6.07, 6.45) is 0.0662. The molecule has 2 aromatic carbocycles. The van der Waals surface area contributed by atoms with Crippen LogP contribution in [0.15, 0.2) is 48.6 Å². The van der Waals surface area contributed by atoms with Crippen LogP contribution in [0, 0.1) is 24.1 Å². The van der Waals surface area contributed by atoms with Crippen LogP contribution in [0.1, 0.15) is 44.1 Å². The highest BCUT2D eigenvalue weighted by Gasteiger charge is 2.16. The Morgan fingerprint density at radius 3 is 3.12 bits per heavy atom. The van der Waals surface area contributed by atoms with E-state index in [4.69, 9.17) is 25.3 Å². The Kier molecular flexibility index (Phi) is 3.54. The first-order chi connectivity index (χ1) is 21.8. The molecule has 6 nitrogen and oxygen atoms in total. The summed E-state index contributed by atoms with van der Waals surface area (Å²) in [7, 11) is 0.816. The quantitative estimate of drug-likeness (QED) is 0.456. The van der Waals surface area contributed by atoms with Crippen LogP contribution in [-0.2, 0) is 11.2 Å². The number of nitrogens with one attached hydrogen (secondary N) is 1. The van der Waals surface area contributed by atoms with E-state index in [2.05, 4.69) is 10.3 Å². The second-order valence-electron chi connectivity index (χ2n) is 6.67. The molecule has 3 aromatic rings. The van der Waals surface area contributed by atoms with Crippen molar-refractivity contribution in [2.45, 2.75) is 20.2 Å². The number of benzene rings is 2. The molecule has 0 amide bonds. The Morgan fingerprint density at radius 2 is 2.36 bits per heavy atom. The van der Waals surface area contributed by atoms with Gasteiger partial charge in [0.25, 0.3) is 0 Å². The Balaban J connectivity index is 2.31. The van der Waals surface area contributed by atoms with Crippen molar-refractivity contribution in [2.24, 2.45) is 0 Å². The van der Waals surface area contributed by atoms with E-state index in [9.17, 15) is 14.4 Å². The zero-order valence-electron chi connectivity index (χ0n) is 32.5. The minimum absolute atomic E-state index is 0.0648. The van der Waals surface area contributed by atoms with E-state index in [0.717, 1.165) is 25.4 Å². The molecule has 33 heavy (non-hydrogen) atoms. The number of ketones is 1. The summed E-state index contributed by atoms with van der Waals surface area (Å²) < 4.78 is 137. The Bertz CT molecular complexity index is 1840. The standard InChI is InChI=1S/C26H27FN4O2/c1-5-33-25-14-24-22(13-18(25)12-21(32)7-6-10-31(3)4)26(19(15-28)16-29-24)30-20-8-9-23(27)17(2)11-20/h6-9,11,13-14,16H,5,10,12H2,1-4H3,(H,29,30)/b7-6+/i1D3,3D3,5D2,6D,7D,8D,9D,10D2,11D. The van der Waals surface area contributed by atoms with E-state index < -0.39 is 80.9 Å². The summed E-state index contributed by atoms with van der Waals surface area (Å²) in [4.78, 5) is 17.5. The number of hydrogen-bond acceptors (Lipinski definition) is 6. The maximum atomic E-state index is 14.4. The van der Waals surface area contributed by atoms with Gasteiger partial charge in [0, 0.05) is 52.8 Å². The van der Waals surface area contributed by atoms with Gasteiger partial charge in [0.15, 0.2) is 5.78 Å². The second-order valence-corrected chi connectivity index (χ2v) is 6.67. The number of ether oxygens (including phenoxy) is 1. The monoisotopic (exact) mass is 461 g/mol. The fourth-order valence-corrected chi connectivity index (χ4v) is 2.84. The fraction of sp³-hybridized carbons (Fsp3) is 0.269. The van der Waals surface area contributed by atoms with Gasteiger partial charge in [0.1, 0.15) is 17.6 Å². The molecule has 0 bridgehead atoms. The van der Waals surface area contributed by atoms with Crippen molar-refractivity contribution in [2.75, 3.05) is 32.4 Å². The fourth-order valence-electron chi connectivity index (χ4n) is 2.84. The molecule has 1 aromatic heterocycles. The molecule has 0 saturated carbocycles. The number of nitriles is 1. The predicted molar refractivity (Wildman–Crippen MR) is 128 cm³/mol. The van der Waals surface area contributed by atoms with Gasteiger partial charge in [0.05, 0.1) is 32.9 Å². The molecule has 3 rings (SSSR count). The van der Waals surface area contributed by atoms with Crippen LogP contribution in [0.5, 0.6) is 5.75 Å². The van der Waals surface area contributed by atoms with Crippen LogP contribution in [0.4, 0.5) is 15.8 Å². The van der Waals surface area contributed by atoms with E-state index in [-0.39, 0.29) is 43.9 Å². The molecule has 0 aliphatic rings. The molecule has 0 fully saturated rings. The average molecular weight is 462 g/mol. The van der Waals surface area contributed by atoms with Crippen LogP contribution in [0.3, 0.4) is 0 Å². The maximum Gasteiger partial charge on any atom is 0.159 e. The largest absolute Gasteiger partial charge is 0.494 e. The number of pyridine rings is 1. The highest BCUT2D eigenvalue weighted by Crippen LogP contribution is 2.34. The summed E-state index contributed by atoms with van der Waals surface area (Å²) in [5.41, 5.74) is -1.51. The van der Waals surface area contributed by atoms with Gasteiger partial charge in [0.2, 0.25) is 0 Å². The topological polar surface area (TPSA) is 78.2 Å². The molecule has 0 atom stereocenters. The van der Waals surface area contributed by atoms with Gasteiger partial charge in [-0.3, -0.25) is 9.78 Å². The number of rotatable bonds is 9. The summed E-state index contributed by atoms with van der Waals surface area (Å²) in [5, 5.41) is 12.4. The van der Waals surface area contributed by atoms with Crippen LogP contribution in [-0.4, -0.2) is 42.7 Å². The van der Waals surface area contributed by atoms with Crippen LogP contribution in [0.2, 0.25) is 0 Å². The van der Waals surface area contributed by atoms with Gasteiger partial charge >= 0.3 is 0 Å². The lowest BCUT2D eigenvalue weighted by Gasteiger charge is -2.15. The van der Waals surface area contributed by atoms with Gasteiger partial charge in [-0.2, -0.15) is 5.26 Å². The van der Waals surface area contributed by atoms with E-state index in [1.807, 2.05) is 6.07 Å². The molecule has 7 heteroatoms. The van der Waals surface area contributed by atoms with Crippen molar-refractivity contribution in [3.63, 3.8) is 0 Å². The van der Waals surface area contributed by atoms with Crippen molar-refractivity contribution < 1.29 is 34.5 Å². The lowest BCUT2D eigenvalue weighted by molar-refractivity contribution is -0.114. The summed E-state index contributed by atoms with van der Waals surface area (Å²) >= 11 is 0. The molecular formula is C26H27FN4O2. The molecule has 0 aliphatic heterocycles. The summed E-state index contributed by atoms with van der Waals surface area (Å²) in [5.74, 6) is -2.99. The Hall–Kier alpha value is -3.76.